The lowest BCUT2D eigenvalue weighted by molar-refractivity contribution is 0.102. The number of sulfone groups is 1. The van der Waals surface area contributed by atoms with Crippen LogP contribution in [-0.2, 0) is 14.6 Å². The summed E-state index contributed by atoms with van der Waals surface area (Å²) < 4.78 is 29.1. The first-order valence-electron chi connectivity index (χ1n) is 6.07. The molecule has 19 heavy (non-hydrogen) atoms. The predicted octanol–water partition coefficient (Wildman–Crippen LogP) is 2.12. The fourth-order valence-corrected chi connectivity index (χ4v) is 3.77. The Morgan fingerprint density at radius 3 is 2.84 bits per heavy atom. The average molecular weight is 303 g/mol. The molecule has 0 saturated carbocycles. The molecule has 4 nitrogen and oxygen atoms in total. The van der Waals surface area contributed by atoms with E-state index in [1.54, 1.807) is 18.2 Å². The van der Waals surface area contributed by atoms with Crippen LogP contribution in [0, 0.1) is 0 Å². The number of carbonyl (C=O) groups is 1. The van der Waals surface area contributed by atoms with Gasteiger partial charge in [0.1, 0.15) is 5.75 Å². The summed E-state index contributed by atoms with van der Waals surface area (Å²) in [6.07, 6.45) is 1.35. The molecule has 1 fully saturated rings. The molecule has 0 aliphatic carbocycles. The van der Waals surface area contributed by atoms with Gasteiger partial charge < -0.3 is 4.74 Å². The molecule has 0 bridgehead atoms. The molecule has 0 aromatic heterocycles. The second-order valence-corrected chi connectivity index (χ2v) is 7.17. The van der Waals surface area contributed by atoms with Gasteiger partial charge in [0.25, 0.3) is 0 Å². The van der Waals surface area contributed by atoms with Gasteiger partial charge in [-0.3, -0.25) is 4.79 Å². The van der Waals surface area contributed by atoms with E-state index in [-0.39, 0.29) is 11.9 Å². The average Bonchev–Trinajstić information content (AvgIpc) is 2.80. The molecular formula is C13H15ClO4S. The Kier molecular flexibility index (Phi) is 4.60. The third-order valence-electron chi connectivity index (χ3n) is 2.96. The lowest BCUT2D eigenvalue weighted by atomic mass is 10.1. The van der Waals surface area contributed by atoms with E-state index in [4.69, 9.17) is 16.3 Å². The lowest BCUT2D eigenvalue weighted by Gasteiger charge is -2.09. The van der Waals surface area contributed by atoms with E-state index in [2.05, 4.69) is 0 Å². The van der Waals surface area contributed by atoms with Gasteiger partial charge in [0.2, 0.25) is 0 Å². The molecule has 2 rings (SSSR count). The SMILES string of the molecule is O=C(CS(=O)(=O)CC1CCCO1)c1cccc(Cl)c1. The minimum absolute atomic E-state index is 0.0840. The zero-order valence-electron chi connectivity index (χ0n) is 10.3. The van der Waals surface area contributed by atoms with Crippen LogP contribution in [0.25, 0.3) is 0 Å². The number of ether oxygens (including phenoxy) is 1. The van der Waals surface area contributed by atoms with Crippen molar-refractivity contribution < 1.29 is 17.9 Å². The fourth-order valence-electron chi connectivity index (χ4n) is 2.06. The highest BCUT2D eigenvalue weighted by molar-refractivity contribution is 7.92. The molecular weight excluding hydrogens is 288 g/mol. The Bertz CT molecular complexity index is 562. The first kappa shape index (κ1) is 14.5. The van der Waals surface area contributed by atoms with Crippen LogP contribution in [0.4, 0.5) is 0 Å². The van der Waals surface area contributed by atoms with E-state index < -0.39 is 21.4 Å². The number of rotatable bonds is 5. The summed E-state index contributed by atoms with van der Waals surface area (Å²) in [6.45, 7) is 0.600. The van der Waals surface area contributed by atoms with E-state index in [1.165, 1.54) is 6.07 Å². The Morgan fingerprint density at radius 2 is 2.21 bits per heavy atom. The number of halogens is 1. The maximum Gasteiger partial charge on any atom is 0.177 e. The molecule has 1 heterocycles. The molecule has 0 amide bonds. The summed E-state index contributed by atoms with van der Waals surface area (Å²) >= 11 is 5.78. The van der Waals surface area contributed by atoms with Crippen molar-refractivity contribution >= 4 is 27.2 Å². The van der Waals surface area contributed by atoms with Gasteiger partial charge in [-0.2, -0.15) is 0 Å². The second kappa shape index (κ2) is 6.03. The van der Waals surface area contributed by atoms with Gasteiger partial charge in [0.05, 0.1) is 11.9 Å². The van der Waals surface area contributed by atoms with E-state index in [9.17, 15) is 13.2 Å². The minimum atomic E-state index is -3.44. The number of Topliss-reactive ketones (excluding diaryl/α,β-unsaturated/α-hetero) is 1. The zero-order valence-corrected chi connectivity index (χ0v) is 11.9. The quantitative estimate of drug-likeness (QED) is 0.782. The minimum Gasteiger partial charge on any atom is -0.377 e. The van der Waals surface area contributed by atoms with Crippen molar-refractivity contribution in [2.24, 2.45) is 0 Å². The van der Waals surface area contributed by atoms with Gasteiger partial charge in [-0.15, -0.1) is 0 Å². The highest BCUT2D eigenvalue weighted by atomic mass is 35.5. The van der Waals surface area contributed by atoms with Crippen LogP contribution in [0.5, 0.6) is 0 Å². The van der Waals surface area contributed by atoms with Crippen LogP contribution in [0.15, 0.2) is 24.3 Å². The largest absolute Gasteiger partial charge is 0.377 e. The maximum atomic E-state index is 11.9. The Hall–Kier alpha value is -0.910. The van der Waals surface area contributed by atoms with Gasteiger partial charge in [0, 0.05) is 17.2 Å². The monoisotopic (exact) mass is 302 g/mol. The molecule has 1 aliphatic rings. The molecule has 1 saturated heterocycles. The molecule has 1 aromatic carbocycles. The Morgan fingerprint density at radius 1 is 1.42 bits per heavy atom. The molecule has 0 N–H and O–H groups in total. The number of benzene rings is 1. The molecule has 1 aromatic rings. The van der Waals surface area contributed by atoms with Gasteiger partial charge in [-0.25, -0.2) is 8.42 Å². The fraction of sp³-hybridized carbons (Fsp3) is 0.462. The van der Waals surface area contributed by atoms with Crippen LogP contribution in [0.2, 0.25) is 5.02 Å². The van der Waals surface area contributed by atoms with E-state index in [0.717, 1.165) is 12.8 Å². The highest BCUT2D eigenvalue weighted by Crippen LogP contribution is 2.16. The summed E-state index contributed by atoms with van der Waals surface area (Å²) in [5.74, 6) is -1.01. The first-order chi connectivity index (χ1) is 8.96. The van der Waals surface area contributed by atoms with E-state index >= 15 is 0 Å². The van der Waals surface area contributed by atoms with Gasteiger partial charge in [-0.1, -0.05) is 23.7 Å². The highest BCUT2D eigenvalue weighted by Gasteiger charge is 2.25. The molecule has 1 unspecified atom stereocenters. The summed E-state index contributed by atoms with van der Waals surface area (Å²) in [7, 11) is -3.44. The predicted molar refractivity (Wildman–Crippen MR) is 73.4 cm³/mol. The van der Waals surface area contributed by atoms with E-state index in [0.29, 0.717) is 17.2 Å². The third-order valence-corrected chi connectivity index (χ3v) is 4.78. The first-order valence-corrected chi connectivity index (χ1v) is 8.27. The van der Waals surface area contributed by atoms with E-state index in [1.807, 2.05) is 0 Å². The van der Waals surface area contributed by atoms with Crippen molar-refractivity contribution in [3.05, 3.63) is 34.9 Å². The van der Waals surface area contributed by atoms with Crippen LogP contribution in [0.3, 0.4) is 0 Å². The smallest absolute Gasteiger partial charge is 0.177 e. The molecule has 6 heteroatoms. The Labute approximate surface area is 117 Å². The number of ketones is 1. The van der Waals surface area contributed by atoms with Crippen molar-refractivity contribution in [1.29, 1.82) is 0 Å². The maximum absolute atomic E-state index is 11.9. The van der Waals surface area contributed by atoms with Gasteiger partial charge in [-0.05, 0) is 25.0 Å². The summed E-state index contributed by atoms with van der Waals surface area (Å²) in [6, 6.07) is 6.31. The van der Waals surface area contributed by atoms with Crippen LogP contribution < -0.4 is 0 Å². The summed E-state index contributed by atoms with van der Waals surface area (Å²) in [5, 5.41) is 0.419. The normalized spacial score (nSPS) is 19.5. The Balaban J connectivity index is 2.01. The molecule has 0 radical (unpaired) electrons. The standard InChI is InChI=1S/C13H15ClO4S/c14-11-4-1-3-10(7-11)13(15)9-19(16,17)8-12-5-2-6-18-12/h1,3-4,7,12H,2,5-6,8-9H2. The second-order valence-electron chi connectivity index (χ2n) is 4.62. The lowest BCUT2D eigenvalue weighted by Crippen LogP contribution is -2.26. The molecule has 1 aliphatic heterocycles. The van der Waals surface area contributed by atoms with Crippen molar-refractivity contribution in [2.75, 3.05) is 18.1 Å². The third kappa shape index (κ3) is 4.30. The molecule has 1 atom stereocenters. The summed E-state index contributed by atoms with van der Waals surface area (Å²) in [5.41, 5.74) is 0.323. The van der Waals surface area contributed by atoms with Gasteiger partial charge in [0.15, 0.2) is 15.6 Å². The number of carbonyl (C=O) groups excluding carboxylic acids is 1. The molecule has 0 spiro atoms. The number of hydrogen-bond acceptors (Lipinski definition) is 4. The van der Waals surface area contributed by atoms with Crippen molar-refractivity contribution in [2.45, 2.75) is 18.9 Å². The van der Waals surface area contributed by atoms with Crippen LogP contribution >= 0.6 is 11.6 Å². The zero-order chi connectivity index (χ0) is 13.9. The van der Waals surface area contributed by atoms with Crippen molar-refractivity contribution in [1.82, 2.24) is 0 Å². The van der Waals surface area contributed by atoms with Crippen molar-refractivity contribution in [3.63, 3.8) is 0 Å². The van der Waals surface area contributed by atoms with Gasteiger partial charge >= 0.3 is 0 Å². The summed E-state index contributed by atoms with van der Waals surface area (Å²) in [4.78, 5) is 11.9. The van der Waals surface area contributed by atoms with Crippen LogP contribution in [-0.4, -0.2) is 38.4 Å². The van der Waals surface area contributed by atoms with Crippen LogP contribution in [0.1, 0.15) is 23.2 Å². The molecule has 104 valence electrons. The number of hydrogen-bond donors (Lipinski definition) is 0. The van der Waals surface area contributed by atoms with Crippen molar-refractivity contribution in [3.8, 4) is 0 Å². The topological polar surface area (TPSA) is 60.4 Å².